The van der Waals surface area contributed by atoms with Gasteiger partial charge in [0.25, 0.3) is 5.24 Å². The van der Waals surface area contributed by atoms with Crippen molar-refractivity contribution < 1.29 is 9.53 Å². The normalized spacial score (nSPS) is 10.0. The van der Waals surface area contributed by atoms with Gasteiger partial charge in [0.15, 0.2) is 6.61 Å². The number of benzene rings is 1. The van der Waals surface area contributed by atoms with Crippen molar-refractivity contribution >= 4 is 44.4 Å². The molecule has 0 aliphatic heterocycles. The summed E-state index contributed by atoms with van der Waals surface area (Å²) < 4.78 is 5.91. The van der Waals surface area contributed by atoms with Gasteiger partial charge >= 0.3 is 0 Å². The number of halogens is 3. The summed E-state index contributed by atoms with van der Waals surface area (Å²) in [5.74, 6) is 0.586. The molecule has 0 heterocycles. The summed E-state index contributed by atoms with van der Waals surface area (Å²) in [6, 6.07) is 3.45. The van der Waals surface area contributed by atoms with Crippen LogP contribution in [-0.4, -0.2) is 11.8 Å². The Balaban J connectivity index is 2.91. The predicted octanol–water partition coefficient (Wildman–Crippen LogP) is 3.56. The van der Waals surface area contributed by atoms with Crippen LogP contribution >= 0.6 is 39.1 Å². The molecular weight excluding hydrogens is 291 g/mol. The second-order valence-corrected chi connectivity index (χ2v) is 4.39. The number of ether oxygens (including phenoxy) is 1. The zero-order chi connectivity index (χ0) is 10.7. The maximum absolute atomic E-state index is 10.5. The van der Waals surface area contributed by atoms with Crippen molar-refractivity contribution in [1.82, 2.24) is 0 Å². The van der Waals surface area contributed by atoms with Crippen LogP contribution in [0.1, 0.15) is 5.56 Å². The second kappa shape index (κ2) is 5.01. The van der Waals surface area contributed by atoms with Crippen LogP contribution in [0.3, 0.4) is 0 Å². The first-order valence-electron chi connectivity index (χ1n) is 3.77. The Labute approximate surface area is 100 Å². The Kier molecular flexibility index (Phi) is 4.23. The topological polar surface area (TPSA) is 26.3 Å². The first-order valence-corrected chi connectivity index (χ1v) is 5.32. The Morgan fingerprint density at radius 3 is 2.71 bits per heavy atom. The van der Waals surface area contributed by atoms with Crippen LogP contribution in [-0.2, 0) is 4.79 Å². The monoisotopic (exact) mass is 296 g/mol. The van der Waals surface area contributed by atoms with Gasteiger partial charge < -0.3 is 4.74 Å². The maximum atomic E-state index is 10.5. The third-order valence-electron chi connectivity index (χ3n) is 1.52. The minimum absolute atomic E-state index is 0.150. The van der Waals surface area contributed by atoms with Crippen LogP contribution in [0.25, 0.3) is 0 Å². The predicted molar refractivity (Wildman–Crippen MR) is 60.2 cm³/mol. The molecule has 0 N–H and O–H groups in total. The molecule has 5 heteroatoms. The number of hydrogen-bond donors (Lipinski definition) is 0. The summed E-state index contributed by atoms with van der Waals surface area (Å²) in [6.07, 6.45) is 0. The van der Waals surface area contributed by atoms with Crippen molar-refractivity contribution in [2.45, 2.75) is 6.92 Å². The highest BCUT2D eigenvalue weighted by Crippen LogP contribution is 2.32. The van der Waals surface area contributed by atoms with Crippen molar-refractivity contribution in [3.05, 3.63) is 27.2 Å². The molecule has 76 valence electrons. The largest absolute Gasteiger partial charge is 0.483 e. The summed E-state index contributed by atoms with van der Waals surface area (Å²) in [7, 11) is 0. The minimum atomic E-state index is -0.536. The van der Waals surface area contributed by atoms with Gasteiger partial charge in [-0.25, -0.2) is 0 Å². The smallest absolute Gasteiger partial charge is 0.259 e. The highest BCUT2D eigenvalue weighted by Gasteiger charge is 2.08. The van der Waals surface area contributed by atoms with Crippen LogP contribution in [0.5, 0.6) is 5.75 Å². The number of carbonyl (C=O) groups excluding carboxylic acids is 1. The Morgan fingerprint density at radius 1 is 1.57 bits per heavy atom. The molecule has 0 fully saturated rings. The van der Waals surface area contributed by atoms with E-state index in [0.29, 0.717) is 15.2 Å². The lowest BCUT2D eigenvalue weighted by molar-refractivity contribution is -0.113. The lowest BCUT2D eigenvalue weighted by Gasteiger charge is -2.09. The fourth-order valence-electron chi connectivity index (χ4n) is 1.00. The molecule has 1 aromatic rings. The van der Waals surface area contributed by atoms with E-state index < -0.39 is 5.24 Å². The summed E-state index contributed by atoms with van der Waals surface area (Å²) in [5, 5.41) is 0.0742. The van der Waals surface area contributed by atoms with Crippen molar-refractivity contribution in [2.75, 3.05) is 6.61 Å². The highest BCUT2D eigenvalue weighted by atomic mass is 79.9. The lowest BCUT2D eigenvalue weighted by atomic mass is 10.2. The average molecular weight is 298 g/mol. The molecule has 14 heavy (non-hydrogen) atoms. The van der Waals surface area contributed by atoms with Crippen LogP contribution in [0, 0.1) is 6.92 Å². The number of rotatable bonds is 3. The van der Waals surface area contributed by atoms with Gasteiger partial charge in [-0.15, -0.1) is 0 Å². The van der Waals surface area contributed by atoms with Gasteiger partial charge in [0.1, 0.15) is 5.75 Å². The summed E-state index contributed by atoms with van der Waals surface area (Å²) in [4.78, 5) is 10.5. The van der Waals surface area contributed by atoms with E-state index in [1.807, 2.05) is 6.92 Å². The fraction of sp³-hybridized carbons (Fsp3) is 0.222. The molecule has 0 amide bonds. The maximum Gasteiger partial charge on any atom is 0.259 e. The molecule has 0 aromatic heterocycles. The Morgan fingerprint density at radius 2 is 2.21 bits per heavy atom. The van der Waals surface area contributed by atoms with Crippen molar-refractivity contribution in [2.24, 2.45) is 0 Å². The summed E-state index contributed by atoms with van der Waals surface area (Å²) >= 11 is 14.2. The zero-order valence-electron chi connectivity index (χ0n) is 7.31. The van der Waals surface area contributed by atoms with Gasteiger partial charge in [-0.05, 0) is 52.2 Å². The van der Waals surface area contributed by atoms with Gasteiger partial charge in [-0.2, -0.15) is 0 Å². The highest BCUT2D eigenvalue weighted by molar-refractivity contribution is 9.10. The quantitative estimate of drug-likeness (QED) is 0.798. The van der Waals surface area contributed by atoms with Crippen molar-refractivity contribution in [3.63, 3.8) is 0 Å². The molecular formula is C9H7BrCl2O2. The molecule has 0 aliphatic carbocycles. The van der Waals surface area contributed by atoms with Crippen LogP contribution in [0.2, 0.25) is 5.02 Å². The molecule has 0 spiro atoms. The van der Waals surface area contributed by atoms with Crippen LogP contribution < -0.4 is 4.74 Å². The molecule has 0 saturated carbocycles. The molecule has 1 aromatic carbocycles. The SMILES string of the molecule is Cc1cc(Cl)cc(Br)c1OCC(=O)Cl. The van der Waals surface area contributed by atoms with Crippen molar-refractivity contribution in [3.8, 4) is 5.75 Å². The number of carbonyl (C=O) groups is 1. The van der Waals surface area contributed by atoms with E-state index in [1.54, 1.807) is 12.1 Å². The minimum Gasteiger partial charge on any atom is -0.483 e. The molecule has 2 nitrogen and oxygen atoms in total. The van der Waals surface area contributed by atoms with E-state index in [0.717, 1.165) is 5.56 Å². The summed E-state index contributed by atoms with van der Waals surface area (Å²) in [6.45, 7) is 1.69. The number of aryl methyl sites for hydroxylation is 1. The average Bonchev–Trinajstić information content (AvgIpc) is 2.01. The number of hydrogen-bond acceptors (Lipinski definition) is 2. The fourth-order valence-corrected chi connectivity index (χ4v) is 2.13. The molecule has 0 unspecified atom stereocenters. The van der Waals surface area contributed by atoms with E-state index in [4.69, 9.17) is 27.9 Å². The molecule has 0 bridgehead atoms. The Hall–Kier alpha value is -0.250. The standard InChI is InChI=1S/C9H7BrCl2O2/c1-5-2-6(11)3-7(10)9(5)14-4-8(12)13/h2-3H,4H2,1H3. The molecule has 0 aliphatic rings. The van der Waals surface area contributed by atoms with Gasteiger partial charge in [0.05, 0.1) is 4.47 Å². The van der Waals surface area contributed by atoms with Gasteiger partial charge in [-0.3, -0.25) is 4.79 Å². The van der Waals surface area contributed by atoms with E-state index in [1.165, 1.54) is 0 Å². The second-order valence-electron chi connectivity index (χ2n) is 2.68. The molecule has 1 rings (SSSR count). The van der Waals surface area contributed by atoms with Gasteiger partial charge in [-0.1, -0.05) is 11.6 Å². The first kappa shape index (κ1) is 11.8. The first-order chi connectivity index (χ1) is 6.50. The van der Waals surface area contributed by atoms with Gasteiger partial charge in [0, 0.05) is 5.02 Å². The van der Waals surface area contributed by atoms with Crippen molar-refractivity contribution in [1.29, 1.82) is 0 Å². The molecule has 0 radical (unpaired) electrons. The third-order valence-corrected chi connectivity index (χ3v) is 2.44. The molecule has 0 atom stereocenters. The van der Waals surface area contributed by atoms with E-state index in [9.17, 15) is 4.79 Å². The Bertz CT molecular complexity index is 343. The van der Waals surface area contributed by atoms with E-state index in [2.05, 4.69) is 15.9 Å². The summed E-state index contributed by atoms with van der Waals surface area (Å²) in [5.41, 5.74) is 0.849. The van der Waals surface area contributed by atoms with Crippen LogP contribution in [0.4, 0.5) is 0 Å². The lowest BCUT2D eigenvalue weighted by Crippen LogP contribution is -2.05. The molecule has 0 saturated heterocycles. The zero-order valence-corrected chi connectivity index (χ0v) is 10.4. The van der Waals surface area contributed by atoms with Crippen LogP contribution in [0.15, 0.2) is 16.6 Å². The van der Waals surface area contributed by atoms with E-state index >= 15 is 0 Å². The third kappa shape index (κ3) is 3.15. The van der Waals surface area contributed by atoms with Gasteiger partial charge in [0.2, 0.25) is 0 Å². The van der Waals surface area contributed by atoms with E-state index in [-0.39, 0.29) is 6.61 Å².